The highest BCUT2D eigenvalue weighted by molar-refractivity contribution is 5.86. The maximum absolute atomic E-state index is 13.1. The molecule has 0 radical (unpaired) electrons. The number of hydrogen-bond acceptors (Lipinski definition) is 10. The Morgan fingerprint density at radius 1 is 1.10 bits per heavy atom. The van der Waals surface area contributed by atoms with Gasteiger partial charge in [-0.25, -0.2) is 4.79 Å². The van der Waals surface area contributed by atoms with Crippen LogP contribution in [-0.2, 0) is 25.4 Å². The van der Waals surface area contributed by atoms with Crippen LogP contribution in [0.3, 0.4) is 0 Å². The first-order chi connectivity index (χ1) is 18.7. The molecule has 10 nitrogen and oxygen atoms in total. The van der Waals surface area contributed by atoms with E-state index in [0.29, 0.717) is 34.8 Å². The number of methoxy groups -OCH3 is 1. The minimum atomic E-state index is -0.778. The van der Waals surface area contributed by atoms with Gasteiger partial charge in [0.25, 0.3) is 0 Å². The fourth-order valence-electron chi connectivity index (χ4n) is 4.24. The van der Waals surface area contributed by atoms with E-state index in [1.807, 2.05) is 6.92 Å². The van der Waals surface area contributed by atoms with Gasteiger partial charge in [0, 0.05) is 43.2 Å². The number of fused-ring (bicyclic) bond motifs is 1. The molecule has 208 valence electrons. The number of benzene rings is 2. The second-order valence-corrected chi connectivity index (χ2v) is 9.25. The largest absolute Gasteiger partial charge is 0.507 e. The van der Waals surface area contributed by atoms with Crippen LogP contribution < -0.4 is 19.6 Å². The number of ether oxygens (including phenoxy) is 6. The summed E-state index contributed by atoms with van der Waals surface area (Å²) in [5.41, 5.74) is 0.996. The summed E-state index contributed by atoms with van der Waals surface area (Å²) in [5.74, 6) is 0.238. The van der Waals surface area contributed by atoms with Gasteiger partial charge in [-0.05, 0) is 25.5 Å². The Morgan fingerprint density at radius 2 is 1.90 bits per heavy atom. The quantitative estimate of drug-likeness (QED) is 0.330. The number of aromatic hydroxyl groups is 1. The maximum Gasteiger partial charge on any atom is 0.344 e. The monoisotopic (exact) mass is 540 g/mol. The van der Waals surface area contributed by atoms with Crippen molar-refractivity contribution in [3.8, 4) is 34.3 Å². The molecule has 0 aliphatic carbocycles. The van der Waals surface area contributed by atoms with Crippen molar-refractivity contribution in [3.05, 3.63) is 58.1 Å². The van der Waals surface area contributed by atoms with Crippen LogP contribution in [0.2, 0.25) is 0 Å². The van der Waals surface area contributed by atoms with Crippen LogP contribution in [0, 0.1) is 0 Å². The van der Waals surface area contributed by atoms with Gasteiger partial charge in [-0.15, -0.1) is 0 Å². The highest BCUT2D eigenvalue weighted by Gasteiger charge is 2.28. The van der Waals surface area contributed by atoms with Crippen LogP contribution in [0.25, 0.3) is 22.3 Å². The minimum absolute atomic E-state index is 0.0243. The lowest BCUT2D eigenvalue weighted by atomic mass is 9.98. The molecule has 10 heteroatoms. The highest BCUT2D eigenvalue weighted by atomic mass is 16.7. The van der Waals surface area contributed by atoms with E-state index in [0.717, 1.165) is 6.42 Å². The van der Waals surface area contributed by atoms with Crippen LogP contribution in [0.5, 0.6) is 23.0 Å². The normalized spacial score (nSPS) is 13.8. The number of phenolic OH excluding ortho intramolecular Hbond substituents is 1. The maximum atomic E-state index is 13.1. The molecule has 1 aliphatic heterocycles. The Labute approximate surface area is 225 Å². The summed E-state index contributed by atoms with van der Waals surface area (Å²) in [7, 11) is 1.50. The van der Waals surface area contributed by atoms with E-state index in [9.17, 15) is 14.7 Å². The zero-order chi connectivity index (χ0) is 28.2. The number of rotatable bonds is 11. The molecule has 4 rings (SSSR count). The first-order valence-corrected chi connectivity index (χ1v) is 12.6. The van der Waals surface area contributed by atoms with Gasteiger partial charge in [-0.1, -0.05) is 13.3 Å². The van der Waals surface area contributed by atoms with Gasteiger partial charge < -0.3 is 37.9 Å². The predicted molar refractivity (Wildman–Crippen MR) is 142 cm³/mol. The van der Waals surface area contributed by atoms with Crippen LogP contribution in [0.4, 0.5) is 0 Å². The first-order valence-electron chi connectivity index (χ1n) is 12.6. The molecule has 0 unspecified atom stereocenters. The average molecular weight is 541 g/mol. The fourth-order valence-corrected chi connectivity index (χ4v) is 4.24. The molecular formula is C29H32O10. The zero-order valence-corrected chi connectivity index (χ0v) is 22.6. The molecule has 1 aliphatic rings. The fraction of sp³-hybridized carbons (Fsp3) is 0.379. The summed E-state index contributed by atoms with van der Waals surface area (Å²) in [5, 5.41) is 10.6. The predicted octanol–water partition coefficient (Wildman–Crippen LogP) is 5.07. The second-order valence-electron chi connectivity index (χ2n) is 9.25. The molecule has 39 heavy (non-hydrogen) atoms. The standard InChI is InChI=1S/C29H32O10/c1-6-8-20-19(9-10-23(33-5)28(20)36-16-26(32)34-7-2)24-13-22(31)27-21(30)11-17(12-25(27)38-24)35-14-18-15-37-29(3,4)39-18/h9-13,15,30H,6-8,14,16H2,1-5H3. The van der Waals surface area contributed by atoms with Gasteiger partial charge in [0.2, 0.25) is 5.79 Å². The lowest BCUT2D eigenvalue weighted by molar-refractivity contribution is -0.145. The molecule has 1 N–H and O–H groups in total. The van der Waals surface area contributed by atoms with Crippen molar-refractivity contribution < 1.29 is 42.7 Å². The summed E-state index contributed by atoms with van der Waals surface area (Å²) in [6, 6.07) is 7.63. The molecular weight excluding hydrogens is 508 g/mol. The summed E-state index contributed by atoms with van der Waals surface area (Å²) < 4.78 is 39.2. The van der Waals surface area contributed by atoms with E-state index in [-0.39, 0.29) is 48.0 Å². The van der Waals surface area contributed by atoms with Crippen molar-refractivity contribution in [1.29, 1.82) is 0 Å². The molecule has 0 saturated heterocycles. The van der Waals surface area contributed by atoms with Crippen LogP contribution in [-0.4, -0.2) is 43.8 Å². The first kappa shape index (κ1) is 27.7. The summed E-state index contributed by atoms with van der Waals surface area (Å²) in [6.07, 6.45) is 2.76. The minimum Gasteiger partial charge on any atom is -0.507 e. The van der Waals surface area contributed by atoms with Crippen LogP contribution >= 0.6 is 0 Å². The molecule has 3 aromatic rings. The van der Waals surface area contributed by atoms with Gasteiger partial charge >= 0.3 is 5.97 Å². The smallest absolute Gasteiger partial charge is 0.344 e. The van der Waals surface area contributed by atoms with Gasteiger partial charge in [-0.3, -0.25) is 4.79 Å². The third-order valence-corrected chi connectivity index (χ3v) is 5.86. The van der Waals surface area contributed by atoms with E-state index in [4.69, 9.17) is 32.8 Å². The van der Waals surface area contributed by atoms with Crippen molar-refractivity contribution in [3.63, 3.8) is 0 Å². The van der Waals surface area contributed by atoms with E-state index < -0.39 is 17.2 Å². The highest BCUT2D eigenvalue weighted by Crippen LogP contribution is 2.40. The van der Waals surface area contributed by atoms with E-state index in [1.165, 1.54) is 31.6 Å². The topological polar surface area (TPSA) is 123 Å². The summed E-state index contributed by atoms with van der Waals surface area (Å²) >= 11 is 0. The molecule has 0 saturated carbocycles. The van der Waals surface area contributed by atoms with Gasteiger partial charge in [-0.2, -0.15) is 0 Å². The molecule has 2 aromatic carbocycles. The van der Waals surface area contributed by atoms with Gasteiger partial charge in [0.1, 0.15) is 41.1 Å². The molecule has 0 spiro atoms. The zero-order valence-electron chi connectivity index (χ0n) is 22.6. The van der Waals surface area contributed by atoms with Crippen LogP contribution in [0.15, 0.2) is 51.6 Å². The third-order valence-electron chi connectivity index (χ3n) is 5.86. The van der Waals surface area contributed by atoms with Gasteiger partial charge in [0.05, 0.1) is 13.7 Å². The van der Waals surface area contributed by atoms with Crippen LogP contribution in [0.1, 0.15) is 39.7 Å². The van der Waals surface area contributed by atoms with Gasteiger partial charge in [0.15, 0.2) is 29.3 Å². The Morgan fingerprint density at radius 3 is 2.56 bits per heavy atom. The van der Waals surface area contributed by atoms with Crippen molar-refractivity contribution in [2.45, 2.75) is 46.3 Å². The summed E-state index contributed by atoms with van der Waals surface area (Å²) in [6.45, 7) is 7.24. The lowest BCUT2D eigenvalue weighted by Gasteiger charge is -2.18. The molecule has 2 heterocycles. The van der Waals surface area contributed by atoms with Crippen molar-refractivity contribution in [1.82, 2.24) is 0 Å². The van der Waals surface area contributed by atoms with Crippen molar-refractivity contribution in [2.75, 3.05) is 26.9 Å². The Bertz CT molecular complexity index is 1450. The van der Waals surface area contributed by atoms with E-state index in [1.54, 1.807) is 32.9 Å². The van der Waals surface area contributed by atoms with Crippen molar-refractivity contribution in [2.24, 2.45) is 0 Å². The average Bonchev–Trinajstić information content (AvgIpc) is 3.24. The van der Waals surface area contributed by atoms with Crippen molar-refractivity contribution >= 4 is 16.9 Å². The summed E-state index contributed by atoms with van der Waals surface area (Å²) in [4.78, 5) is 25.0. The SMILES string of the molecule is CCCc1c(-c2cc(=O)c3c(O)cc(OCC4=COC(C)(C)O4)cc3o2)ccc(OC)c1OCC(=O)OCC. The Hall–Kier alpha value is -4.34. The second kappa shape index (κ2) is 11.6. The number of carbonyl (C=O) groups excluding carboxylic acids is 1. The molecule has 0 bridgehead atoms. The lowest BCUT2D eigenvalue weighted by Crippen LogP contribution is -2.21. The Balaban J connectivity index is 1.73. The molecule has 0 fully saturated rings. The number of phenols is 1. The molecule has 1 aromatic heterocycles. The van der Waals surface area contributed by atoms with E-state index in [2.05, 4.69) is 0 Å². The third kappa shape index (κ3) is 6.22. The van der Waals surface area contributed by atoms with E-state index >= 15 is 0 Å². The Kier molecular flexibility index (Phi) is 8.23. The molecule has 0 atom stereocenters. The number of carbonyl (C=O) groups is 1. The molecule has 0 amide bonds. The number of hydrogen-bond donors (Lipinski definition) is 1. The number of esters is 1.